The Labute approximate surface area is 126 Å². The second-order valence-electron chi connectivity index (χ2n) is 4.84. The van der Waals surface area contributed by atoms with Gasteiger partial charge in [0.15, 0.2) is 0 Å². The lowest BCUT2D eigenvalue weighted by Gasteiger charge is -2.13. The zero-order valence-electron chi connectivity index (χ0n) is 11.7. The van der Waals surface area contributed by atoms with Crippen LogP contribution in [0, 0.1) is 0 Å². The first-order valence-electron chi connectivity index (χ1n) is 6.87. The van der Waals surface area contributed by atoms with Crippen molar-refractivity contribution in [3.8, 4) is 0 Å². The number of pyridine rings is 1. The maximum Gasteiger partial charge on any atom is 0.324 e. The lowest BCUT2D eigenvalue weighted by molar-refractivity contribution is -0.124. The van der Waals surface area contributed by atoms with Crippen LogP contribution in [0.15, 0.2) is 36.5 Å². The predicted molar refractivity (Wildman–Crippen MR) is 79.2 cm³/mol. The topological polar surface area (TPSA) is 91.4 Å². The molecule has 0 radical (unpaired) electrons. The van der Waals surface area contributed by atoms with E-state index in [1.165, 1.54) is 0 Å². The number of rotatable bonds is 4. The van der Waals surface area contributed by atoms with Crippen molar-refractivity contribution >= 4 is 28.7 Å². The fourth-order valence-corrected chi connectivity index (χ4v) is 2.36. The molecule has 2 heterocycles. The molecule has 2 N–H and O–H groups in total. The minimum atomic E-state index is -0.423. The van der Waals surface area contributed by atoms with Crippen LogP contribution in [0.5, 0.6) is 0 Å². The maximum atomic E-state index is 12.3. The van der Waals surface area contributed by atoms with E-state index in [1.807, 2.05) is 12.1 Å². The average Bonchev–Trinajstić information content (AvgIpc) is 2.86. The number of hydrogen-bond donors (Lipinski definition) is 2. The molecule has 0 unspecified atom stereocenters. The van der Waals surface area contributed by atoms with Crippen LogP contribution in [-0.4, -0.2) is 47.4 Å². The first-order valence-corrected chi connectivity index (χ1v) is 6.87. The third kappa shape index (κ3) is 2.60. The van der Waals surface area contributed by atoms with Crippen molar-refractivity contribution < 1.29 is 14.4 Å². The molecule has 7 nitrogen and oxygen atoms in total. The molecule has 7 heteroatoms. The van der Waals surface area contributed by atoms with E-state index in [0.717, 1.165) is 15.8 Å². The SMILES string of the molecule is O=C(NCCN1C(=O)CNC1=O)c1cccc2ncccc12. The van der Waals surface area contributed by atoms with Gasteiger partial charge in [-0.05, 0) is 18.2 Å². The summed E-state index contributed by atoms with van der Waals surface area (Å²) in [6.07, 6.45) is 1.67. The van der Waals surface area contributed by atoms with Crippen molar-refractivity contribution in [1.82, 2.24) is 20.5 Å². The van der Waals surface area contributed by atoms with Gasteiger partial charge in [-0.1, -0.05) is 12.1 Å². The number of nitrogens with one attached hydrogen (secondary N) is 2. The molecule has 2 aromatic rings. The largest absolute Gasteiger partial charge is 0.350 e. The van der Waals surface area contributed by atoms with Crippen LogP contribution >= 0.6 is 0 Å². The second kappa shape index (κ2) is 5.80. The van der Waals surface area contributed by atoms with E-state index in [4.69, 9.17) is 0 Å². The molecule has 1 saturated heterocycles. The maximum absolute atomic E-state index is 12.3. The van der Waals surface area contributed by atoms with Gasteiger partial charge in [-0.2, -0.15) is 0 Å². The zero-order valence-corrected chi connectivity index (χ0v) is 11.7. The quantitative estimate of drug-likeness (QED) is 0.805. The third-order valence-corrected chi connectivity index (χ3v) is 3.45. The number of carbonyl (C=O) groups excluding carboxylic acids is 3. The number of benzene rings is 1. The molecule has 1 aromatic heterocycles. The summed E-state index contributed by atoms with van der Waals surface area (Å²) >= 11 is 0. The van der Waals surface area contributed by atoms with Crippen molar-refractivity contribution in [1.29, 1.82) is 0 Å². The lowest BCUT2D eigenvalue weighted by Crippen LogP contribution is -2.38. The summed E-state index contributed by atoms with van der Waals surface area (Å²) in [7, 11) is 0. The molecule has 0 saturated carbocycles. The number of amides is 4. The minimum Gasteiger partial charge on any atom is -0.350 e. The van der Waals surface area contributed by atoms with Gasteiger partial charge in [0.1, 0.15) is 0 Å². The Morgan fingerprint density at radius 3 is 2.91 bits per heavy atom. The molecular formula is C15H14N4O3. The first-order chi connectivity index (χ1) is 10.7. The summed E-state index contributed by atoms with van der Waals surface area (Å²) in [5.74, 6) is -0.542. The van der Waals surface area contributed by atoms with Crippen LogP contribution < -0.4 is 10.6 Å². The van der Waals surface area contributed by atoms with Crippen molar-refractivity contribution in [3.63, 3.8) is 0 Å². The van der Waals surface area contributed by atoms with Gasteiger partial charge in [0, 0.05) is 30.2 Å². The molecule has 0 bridgehead atoms. The first kappa shape index (κ1) is 14.0. The van der Waals surface area contributed by atoms with Crippen LogP contribution in [0.2, 0.25) is 0 Å². The highest BCUT2D eigenvalue weighted by Crippen LogP contribution is 2.16. The number of aromatic nitrogens is 1. The van der Waals surface area contributed by atoms with Gasteiger partial charge >= 0.3 is 6.03 Å². The molecule has 3 rings (SSSR count). The Kier molecular flexibility index (Phi) is 3.69. The Morgan fingerprint density at radius 2 is 2.14 bits per heavy atom. The van der Waals surface area contributed by atoms with Crippen LogP contribution in [0.1, 0.15) is 10.4 Å². The smallest absolute Gasteiger partial charge is 0.324 e. The fourth-order valence-electron chi connectivity index (χ4n) is 2.36. The summed E-state index contributed by atoms with van der Waals surface area (Å²) in [4.78, 5) is 40.3. The van der Waals surface area contributed by atoms with Crippen LogP contribution in [0.3, 0.4) is 0 Å². The van der Waals surface area contributed by atoms with E-state index in [9.17, 15) is 14.4 Å². The molecule has 0 atom stereocenters. The molecule has 112 valence electrons. The van der Waals surface area contributed by atoms with Gasteiger partial charge in [0.05, 0.1) is 12.1 Å². The predicted octanol–water partition coefficient (Wildman–Crippen LogP) is 0.516. The van der Waals surface area contributed by atoms with Gasteiger partial charge in [-0.25, -0.2) is 4.79 Å². The molecule has 0 aliphatic carbocycles. The zero-order chi connectivity index (χ0) is 15.5. The molecule has 22 heavy (non-hydrogen) atoms. The molecule has 1 aliphatic rings. The average molecular weight is 298 g/mol. The standard InChI is InChI=1S/C15H14N4O3/c20-13-9-18-15(22)19(13)8-7-17-14(21)11-3-1-5-12-10(11)4-2-6-16-12/h1-6H,7-9H2,(H,17,21)(H,18,22). The number of imide groups is 1. The molecular weight excluding hydrogens is 284 g/mol. The number of hydrogen-bond acceptors (Lipinski definition) is 4. The molecule has 1 aromatic carbocycles. The van der Waals surface area contributed by atoms with E-state index in [0.29, 0.717) is 5.56 Å². The monoisotopic (exact) mass is 298 g/mol. The van der Waals surface area contributed by atoms with Gasteiger partial charge in [0.2, 0.25) is 5.91 Å². The van der Waals surface area contributed by atoms with E-state index in [1.54, 1.807) is 24.4 Å². The van der Waals surface area contributed by atoms with Gasteiger partial charge in [-0.3, -0.25) is 19.5 Å². The minimum absolute atomic E-state index is 0.0156. The molecule has 0 spiro atoms. The van der Waals surface area contributed by atoms with Crippen LogP contribution in [0.25, 0.3) is 10.9 Å². The number of urea groups is 1. The number of fused-ring (bicyclic) bond motifs is 1. The Balaban J connectivity index is 1.67. The molecule has 1 fully saturated rings. The summed E-state index contributed by atoms with van der Waals surface area (Å²) in [6.45, 7) is 0.371. The summed E-state index contributed by atoms with van der Waals surface area (Å²) in [5.41, 5.74) is 1.26. The van der Waals surface area contributed by atoms with Gasteiger partial charge < -0.3 is 10.6 Å². The Hall–Kier alpha value is -2.96. The molecule has 4 amide bonds. The lowest BCUT2D eigenvalue weighted by atomic mass is 10.1. The number of nitrogens with zero attached hydrogens (tertiary/aromatic N) is 2. The Bertz CT molecular complexity index is 738. The van der Waals surface area contributed by atoms with Gasteiger partial charge in [0.25, 0.3) is 5.91 Å². The van der Waals surface area contributed by atoms with E-state index in [-0.39, 0.29) is 31.4 Å². The van der Waals surface area contributed by atoms with E-state index in [2.05, 4.69) is 15.6 Å². The second-order valence-corrected chi connectivity index (χ2v) is 4.84. The summed E-state index contributed by atoms with van der Waals surface area (Å²) in [5, 5.41) is 5.91. The van der Waals surface area contributed by atoms with Gasteiger partial charge in [-0.15, -0.1) is 0 Å². The summed E-state index contributed by atoms with van der Waals surface area (Å²) in [6, 6.07) is 8.49. The van der Waals surface area contributed by atoms with Crippen LogP contribution in [0.4, 0.5) is 4.79 Å². The number of carbonyl (C=O) groups is 3. The summed E-state index contributed by atoms with van der Waals surface area (Å²) < 4.78 is 0. The van der Waals surface area contributed by atoms with E-state index >= 15 is 0 Å². The van der Waals surface area contributed by atoms with Crippen LogP contribution in [-0.2, 0) is 4.79 Å². The van der Waals surface area contributed by atoms with Crippen molar-refractivity contribution in [2.75, 3.05) is 19.6 Å². The highest BCUT2D eigenvalue weighted by Gasteiger charge is 2.27. The van der Waals surface area contributed by atoms with E-state index < -0.39 is 6.03 Å². The normalized spacial score (nSPS) is 14.3. The fraction of sp³-hybridized carbons (Fsp3) is 0.200. The Morgan fingerprint density at radius 1 is 1.27 bits per heavy atom. The van der Waals surface area contributed by atoms with Crippen molar-refractivity contribution in [2.45, 2.75) is 0 Å². The van der Waals surface area contributed by atoms with Crippen molar-refractivity contribution in [2.24, 2.45) is 0 Å². The third-order valence-electron chi connectivity index (χ3n) is 3.45. The highest BCUT2D eigenvalue weighted by atomic mass is 16.2. The molecule has 1 aliphatic heterocycles. The van der Waals surface area contributed by atoms with Crippen molar-refractivity contribution in [3.05, 3.63) is 42.1 Å². The highest BCUT2D eigenvalue weighted by molar-refractivity contribution is 6.06.